The van der Waals surface area contributed by atoms with Gasteiger partial charge >= 0.3 is 0 Å². The molecule has 2 rings (SSSR count). The fraction of sp³-hybridized carbons (Fsp3) is 0.333. The topological polar surface area (TPSA) is 21.3 Å². The van der Waals surface area contributed by atoms with Gasteiger partial charge in [0.2, 0.25) is 0 Å². The quantitative estimate of drug-likeness (QED) is 0.840. The summed E-state index contributed by atoms with van der Waals surface area (Å²) < 4.78 is 18.6. The van der Waals surface area contributed by atoms with Crippen LogP contribution in [0.15, 0.2) is 30.3 Å². The number of hydrogen-bond donors (Lipinski definition) is 1. The van der Waals surface area contributed by atoms with Crippen LogP contribution in [0.2, 0.25) is 5.02 Å². The second-order valence-corrected chi connectivity index (χ2v) is 6.43. The van der Waals surface area contributed by atoms with E-state index in [-0.39, 0.29) is 5.02 Å². The van der Waals surface area contributed by atoms with Crippen LogP contribution in [0.1, 0.15) is 23.6 Å². The standard InChI is InChI=1S/C15H17ClFNOS/c1-10(2)18-8-12-4-5-13(20-12)9-19-11-3-6-15(17)14(16)7-11/h3-7,10,18H,8-9H2,1-2H3. The predicted octanol–water partition coefficient (Wildman–Crippen LogP) is 4.62. The summed E-state index contributed by atoms with van der Waals surface area (Å²) in [6, 6.07) is 8.99. The van der Waals surface area contributed by atoms with E-state index in [0.29, 0.717) is 18.4 Å². The lowest BCUT2D eigenvalue weighted by atomic mass is 10.3. The average molecular weight is 314 g/mol. The zero-order chi connectivity index (χ0) is 14.5. The minimum absolute atomic E-state index is 0.0792. The van der Waals surface area contributed by atoms with Gasteiger partial charge in [0.25, 0.3) is 0 Å². The van der Waals surface area contributed by atoms with E-state index in [9.17, 15) is 4.39 Å². The molecule has 0 aliphatic carbocycles. The zero-order valence-corrected chi connectivity index (χ0v) is 13.0. The van der Waals surface area contributed by atoms with Crippen LogP contribution in [0.5, 0.6) is 5.75 Å². The number of benzene rings is 1. The Morgan fingerprint density at radius 2 is 2.00 bits per heavy atom. The molecule has 1 aromatic carbocycles. The second-order valence-electron chi connectivity index (χ2n) is 4.77. The molecule has 0 saturated carbocycles. The second kappa shape index (κ2) is 7.07. The molecule has 0 spiro atoms. The van der Waals surface area contributed by atoms with Gasteiger partial charge in [-0.15, -0.1) is 11.3 Å². The van der Waals surface area contributed by atoms with Crippen LogP contribution < -0.4 is 10.1 Å². The van der Waals surface area contributed by atoms with Crippen molar-refractivity contribution >= 4 is 22.9 Å². The Morgan fingerprint density at radius 1 is 1.25 bits per heavy atom. The molecule has 0 amide bonds. The molecule has 2 aromatic rings. The van der Waals surface area contributed by atoms with Gasteiger partial charge in [0.05, 0.1) is 5.02 Å². The van der Waals surface area contributed by atoms with Gasteiger partial charge in [0.15, 0.2) is 0 Å². The highest BCUT2D eigenvalue weighted by Crippen LogP contribution is 2.23. The van der Waals surface area contributed by atoms with Crippen LogP contribution in [0.25, 0.3) is 0 Å². The van der Waals surface area contributed by atoms with Crippen molar-refractivity contribution in [1.29, 1.82) is 0 Å². The first-order valence-corrected chi connectivity index (χ1v) is 7.63. The first-order chi connectivity index (χ1) is 9.54. The summed E-state index contributed by atoms with van der Waals surface area (Å²) >= 11 is 7.42. The summed E-state index contributed by atoms with van der Waals surface area (Å²) in [4.78, 5) is 2.40. The summed E-state index contributed by atoms with van der Waals surface area (Å²) in [6.45, 7) is 5.57. The van der Waals surface area contributed by atoms with Crippen LogP contribution in [0.4, 0.5) is 4.39 Å². The Kier molecular flexibility index (Phi) is 5.40. The SMILES string of the molecule is CC(C)NCc1ccc(COc2ccc(F)c(Cl)c2)s1. The number of rotatable bonds is 6. The minimum atomic E-state index is -0.433. The van der Waals surface area contributed by atoms with Crippen molar-refractivity contribution in [3.05, 3.63) is 50.9 Å². The maximum Gasteiger partial charge on any atom is 0.142 e. The lowest BCUT2D eigenvalue weighted by molar-refractivity contribution is 0.309. The van der Waals surface area contributed by atoms with Gasteiger partial charge in [0, 0.05) is 28.4 Å². The van der Waals surface area contributed by atoms with Gasteiger partial charge in [-0.1, -0.05) is 25.4 Å². The first kappa shape index (κ1) is 15.3. The van der Waals surface area contributed by atoms with Gasteiger partial charge in [-0.3, -0.25) is 0 Å². The molecule has 0 saturated heterocycles. The third kappa shape index (κ3) is 4.47. The highest BCUT2D eigenvalue weighted by Gasteiger charge is 2.04. The smallest absolute Gasteiger partial charge is 0.142 e. The Balaban J connectivity index is 1.89. The van der Waals surface area contributed by atoms with Crippen LogP contribution >= 0.6 is 22.9 Å². The van der Waals surface area contributed by atoms with Crippen molar-refractivity contribution in [2.75, 3.05) is 0 Å². The largest absolute Gasteiger partial charge is 0.488 e. The molecule has 108 valence electrons. The third-order valence-corrected chi connectivity index (χ3v) is 4.02. The maximum atomic E-state index is 13.0. The summed E-state index contributed by atoms with van der Waals surface area (Å²) in [5.74, 6) is 0.142. The van der Waals surface area contributed by atoms with Crippen molar-refractivity contribution in [2.24, 2.45) is 0 Å². The molecule has 0 aliphatic rings. The summed E-state index contributed by atoms with van der Waals surface area (Å²) in [7, 11) is 0. The minimum Gasteiger partial charge on any atom is -0.488 e. The molecular formula is C15H17ClFNOS. The van der Waals surface area contributed by atoms with Gasteiger partial charge < -0.3 is 10.1 Å². The molecule has 1 N–H and O–H groups in total. The molecular weight excluding hydrogens is 297 g/mol. The van der Waals surface area contributed by atoms with E-state index in [4.69, 9.17) is 16.3 Å². The Hall–Kier alpha value is -1.10. The van der Waals surface area contributed by atoms with Gasteiger partial charge in [0.1, 0.15) is 18.2 Å². The van der Waals surface area contributed by atoms with Crippen LogP contribution in [-0.2, 0) is 13.2 Å². The molecule has 1 aromatic heterocycles. The fourth-order valence-electron chi connectivity index (χ4n) is 1.62. The van der Waals surface area contributed by atoms with Crippen molar-refractivity contribution in [1.82, 2.24) is 5.32 Å². The van der Waals surface area contributed by atoms with Gasteiger partial charge in [-0.05, 0) is 24.3 Å². The number of thiophene rings is 1. The normalized spacial score (nSPS) is 11.1. The molecule has 0 radical (unpaired) electrons. The molecule has 0 atom stereocenters. The van der Waals surface area contributed by atoms with E-state index in [1.807, 2.05) is 6.07 Å². The molecule has 5 heteroatoms. The van der Waals surface area contributed by atoms with Crippen LogP contribution in [0, 0.1) is 5.82 Å². The lowest BCUT2D eigenvalue weighted by Crippen LogP contribution is -2.21. The Bertz CT molecular complexity index is 571. The first-order valence-electron chi connectivity index (χ1n) is 6.43. The van der Waals surface area contributed by atoms with Crippen molar-refractivity contribution in [3.63, 3.8) is 0 Å². The molecule has 0 bridgehead atoms. The molecule has 1 heterocycles. The van der Waals surface area contributed by atoms with E-state index in [1.54, 1.807) is 17.4 Å². The van der Waals surface area contributed by atoms with Crippen molar-refractivity contribution in [2.45, 2.75) is 33.0 Å². The zero-order valence-electron chi connectivity index (χ0n) is 11.5. The maximum absolute atomic E-state index is 13.0. The van der Waals surface area contributed by atoms with Crippen molar-refractivity contribution in [3.8, 4) is 5.75 Å². The molecule has 20 heavy (non-hydrogen) atoms. The summed E-state index contributed by atoms with van der Waals surface area (Å²) in [5.41, 5.74) is 0. The van der Waals surface area contributed by atoms with Crippen LogP contribution in [-0.4, -0.2) is 6.04 Å². The number of nitrogens with one attached hydrogen (secondary N) is 1. The van der Waals surface area contributed by atoms with E-state index in [0.717, 1.165) is 11.4 Å². The number of hydrogen-bond acceptors (Lipinski definition) is 3. The van der Waals surface area contributed by atoms with Gasteiger partial charge in [-0.2, -0.15) is 0 Å². The number of ether oxygens (including phenoxy) is 1. The van der Waals surface area contributed by atoms with E-state index >= 15 is 0 Å². The van der Waals surface area contributed by atoms with Crippen molar-refractivity contribution < 1.29 is 9.13 Å². The van der Waals surface area contributed by atoms with E-state index in [2.05, 4.69) is 25.2 Å². The fourth-order valence-corrected chi connectivity index (χ4v) is 2.67. The highest BCUT2D eigenvalue weighted by molar-refractivity contribution is 7.11. The highest BCUT2D eigenvalue weighted by atomic mass is 35.5. The van der Waals surface area contributed by atoms with Gasteiger partial charge in [-0.25, -0.2) is 4.39 Å². The average Bonchev–Trinajstić information content (AvgIpc) is 2.86. The number of halogens is 2. The van der Waals surface area contributed by atoms with Crippen LogP contribution in [0.3, 0.4) is 0 Å². The third-order valence-electron chi connectivity index (χ3n) is 2.67. The molecule has 0 aliphatic heterocycles. The monoisotopic (exact) mass is 313 g/mol. The predicted molar refractivity (Wildman–Crippen MR) is 82.0 cm³/mol. The molecule has 0 unspecified atom stereocenters. The van der Waals surface area contributed by atoms with E-state index < -0.39 is 5.82 Å². The van der Waals surface area contributed by atoms with E-state index in [1.165, 1.54) is 17.0 Å². The molecule has 2 nitrogen and oxygen atoms in total. The Morgan fingerprint density at radius 3 is 2.70 bits per heavy atom. The lowest BCUT2D eigenvalue weighted by Gasteiger charge is -2.06. The Labute approximate surface area is 127 Å². The molecule has 0 fully saturated rings. The summed E-state index contributed by atoms with van der Waals surface area (Å²) in [6.07, 6.45) is 0. The summed E-state index contributed by atoms with van der Waals surface area (Å²) in [5, 5.41) is 3.45.